The average Bonchev–Trinajstić information content (AvgIpc) is 2.90. The van der Waals surface area contributed by atoms with Gasteiger partial charge in [0, 0.05) is 41.2 Å². The van der Waals surface area contributed by atoms with E-state index >= 15 is 0 Å². The molecule has 1 aromatic rings. The van der Waals surface area contributed by atoms with E-state index in [1.807, 2.05) is 0 Å². The van der Waals surface area contributed by atoms with Gasteiger partial charge in [0.05, 0.1) is 18.1 Å². The number of carbonyl (C=O) groups is 1. The molecule has 1 amide bonds. The first-order chi connectivity index (χ1) is 11.9. The molecule has 0 N–H and O–H groups in total. The van der Waals surface area contributed by atoms with Crippen LogP contribution in [0.25, 0.3) is 0 Å². The fourth-order valence-corrected chi connectivity index (χ4v) is 5.24. The summed E-state index contributed by atoms with van der Waals surface area (Å²) < 4.78 is 31.4. The predicted molar refractivity (Wildman–Crippen MR) is 94.7 cm³/mol. The van der Waals surface area contributed by atoms with E-state index in [0.29, 0.717) is 37.4 Å². The van der Waals surface area contributed by atoms with Crippen LogP contribution < -0.4 is 0 Å². The summed E-state index contributed by atoms with van der Waals surface area (Å²) in [4.78, 5) is 14.8. The van der Waals surface area contributed by atoms with E-state index in [4.69, 9.17) is 4.74 Å². The van der Waals surface area contributed by atoms with Gasteiger partial charge in [-0.05, 0) is 18.2 Å². The molecule has 0 aromatic heterocycles. The quantitative estimate of drug-likeness (QED) is 0.677. The lowest BCUT2D eigenvalue weighted by Crippen LogP contribution is -2.44. The number of hydrazone groups is 1. The molecule has 4 rings (SSSR count). The van der Waals surface area contributed by atoms with Crippen LogP contribution in [0.2, 0.25) is 0 Å². The van der Waals surface area contributed by atoms with Gasteiger partial charge in [0.1, 0.15) is 6.04 Å². The Balaban J connectivity index is 1.78. The highest BCUT2D eigenvalue weighted by Gasteiger charge is 2.43. The minimum absolute atomic E-state index is 0.198. The Kier molecular flexibility index (Phi) is 3.97. The van der Waals surface area contributed by atoms with Crippen LogP contribution in [0.15, 0.2) is 43.6 Å². The fraction of sp³-hybridized carbons (Fsp3) is 0.375. The first kappa shape index (κ1) is 16.7. The van der Waals surface area contributed by atoms with E-state index in [1.165, 1.54) is 5.41 Å². The zero-order valence-corrected chi connectivity index (χ0v) is 15.9. The van der Waals surface area contributed by atoms with E-state index in [2.05, 4.69) is 21.0 Å². The van der Waals surface area contributed by atoms with E-state index in [0.717, 1.165) is 4.47 Å². The van der Waals surface area contributed by atoms with Crippen LogP contribution in [-0.2, 0) is 19.4 Å². The van der Waals surface area contributed by atoms with Crippen molar-refractivity contribution in [3.05, 3.63) is 39.2 Å². The number of likely N-dealkylation sites (N-methyl/N-ethyl adjacent to an activating group) is 1. The van der Waals surface area contributed by atoms with Crippen LogP contribution in [0.5, 0.6) is 0 Å². The Hall–Kier alpha value is -1.71. The number of halogens is 1. The van der Waals surface area contributed by atoms with Crippen LogP contribution in [0.1, 0.15) is 11.6 Å². The molecule has 0 spiro atoms. The number of fused-ring (bicyclic) bond motifs is 3. The average molecular weight is 426 g/mol. The molecule has 25 heavy (non-hydrogen) atoms. The standard InChI is InChI=1S/C16H16BrN3O4S/c1-19-15-11-8-10(17)2-3-13(11)25(22,23)9-12(15)14(18-19)16(21)20-4-6-24-7-5-20/h2-3,8-9,15H,4-7H2,1H3. The maximum absolute atomic E-state index is 12.9. The highest BCUT2D eigenvalue weighted by Crippen LogP contribution is 2.43. The molecule has 3 heterocycles. The normalized spacial score (nSPS) is 24.3. The van der Waals surface area contributed by atoms with Crippen molar-refractivity contribution in [1.29, 1.82) is 0 Å². The summed E-state index contributed by atoms with van der Waals surface area (Å²) in [6, 6.07) is 4.68. The molecular weight excluding hydrogens is 410 g/mol. The number of benzene rings is 1. The monoisotopic (exact) mass is 425 g/mol. The highest BCUT2D eigenvalue weighted by molar-refractivity contribution is 9.10. The lowest BCUT2D eigenvalue weighted by atomic mass is 9.96. The number of morpholine rings is 1. The molecule has 1 saturated heterocycles. The number of sulfone groups is 1. The molecule has 1 unspecified atom stereocenters. The van der Waals surface area contributed by atoms with Crippen LogP contribution >= 0.6 is 15.9 Å². The molecule has 0 bridgehead atoms. The van der Waals surface area contributed by atoms with Crippen molar-refractivity contribution in [3.63, 3.8) is 0 Å². The molecule has 1 fully saturated rings. The molecule has 0 saturated carbocycles. The third-order valence-corrected chi connectivity index (χ3v) is 6.60. The number of hydrogen-bond donors (Lipinski definition) is 0. The molecule has 0 radical (unpaired) electrons. The summed E-state index contributed by atoms with van der Waals surface area (Å²) in [5.41, 5.74) is 1.26. The van der Waals surface area contributed by atoms with Crippen molar-refractivity contribution in [2.75, 3.05) is 33.4 Å². The van der Waals surface area contributed by atoms with Crippen molar-refractivity contribution in [3.8, 4) is 0 Å². The molecule has 3 aliphatic heterocycles. The molecular formula is C16H16BrN3O4S. The third-order valence-electron chi connectivity index (χ3n) is 4.56. The Morgan fingerprint density at radius 2 is 2.04 bits per heavy atom. The van der Waals surface area contributed by atoms with Crippen molar-refractivity contribution >= 4 is 37.4 Å². The van der Waals surface area contributed by atoms with E-state index in [-0.39, 0.29) is 22.6 Å². The van der Waals surface area contributed by atoms with Gasteiger partial charge in [0.15, 0.2) is 5.71 Å². The third kappa shape index (κ3) is 2.70. The number of rotatable bonds is 1. The topological polar surface area (TPSA) is 79.3 Å². The minimum atomic E-state index is -3.62. The van der Waals surface area contributed by atoms with Crippen molar-refractivity contribution in [2.24, 2.45) is 5.10 Å². The molecule has 1 atom stereocenters. The number of hydrogen-bond acceptors (Lipinski definition) is 6. The minimum Gasteiger partial charge on any atom is -0.378 e. The SMILES string of the molecule is CN1N=C(C(=O)N2CCOCC2)C2=CS(=O)(=O)c3ccc(Br)cc3C21. The molecule has 0 aliphatic carbocycles. The summed E-state index contributed by atoms with van der Waals surface area (Å²) in [5, 5.41) is 7.21. The summed E-state index contributed by atoms with van der Waals surface area (Å²) in [5.74, 6) is -0.252. The first-order valence-corrected chi connectivity index (χ1v) is 10.2. The number of nitrogens with zero attached hydrogens (tertiary/aromatic N) is 3. The van der Waals surface area contributed by atoms with Crippen LogP contribution in [-0.4, -0.2) is 63.3 Å². The van der Waals surface area contributed by atoms with Gasteiger partial charge >= 0.3 is 0 Å². The number of ether oxygens (including phenoxy) is 1. The van der Waals surface area contributed by atoms with E-state index in [9.17, 15) is 13.2 Å². The lowest BCUT2D eigenvalue weighted by molar-refractivity contribution is -0.127. The van der Waals surface area contributed by atoms with Crippen LogP contribution in [0.4, 0.5) is 0 Å². The van der Waals surface area contributed by atoms with Gasteiger partial charge in [-0.2, -0.15) is 5.10 Å². The predicted octanol–water partition coefficient (Wildman–Crippen LogP) is 1.32. The van der Waals surface area contributed by atoms with Crippen molar-refractivity contribution in [2.45, 2.75) is 10.9 Å². The zero-order valence-electron chi connectivity index (χ0n) is 13.5. The van der Waals surface area contributed by atoms with Gasteiger partial charge in [0.2, 0.25) is 9.84 Å². The number of amides is 1. The Morgan fingerprint density at radius 1 is 1.32 bits per heavy atom. The second-order valence-corrected chi connectivity index (χ2v) is 8.81. The van der Waals surface area contributed by atoms with Crippen LogP contribution in [0.3, 0.4) is 0 Å². The van der Waals surface area contributed by atoms with Crippen LogP contribution in [0, 0.1) is 0 Å². The summed E-state index contributed by atoms with van der Waals surface area (Å²) in [7, 11) is -1.87. The summed E-state index contributed by atoms with van der Waals surface area (Å²) >= 11 is 3.39. The van der Waals surface area contributed by atoms with E-state index < -0.39 is 9.84 Å². The number of carbonyl (C=O) groups excluding carboxylic acids is 1. The van der Waals surface area contributed by atoms with Gasteiger partial charge in [-0.1, -0.05) is 15.9 Å². The first-order valence-electron chi connectivity index (χ1n) is 7.83. The van der Waals surface area contributed by atoms with Gasteiger partial charge in [-0.25, -0.2) is 8.42 Å². The van der Waals surface area contributed by atoms with Gasteiger partial charge in [0.25, 0.3) is 5.91 Å². The zero-order chi connectivity index (χ0) is 17.8. The Bertz CT molecular complexity index is 919. The second kappa shape index (κ2) is 5.93. The largest absolute Gasteiger partial charge is 0.378 e. The summed E-state index contributed by atoms with van der Waals surface area (Å²) in [6.45, 7) is 1.92. The second-order valence-electron chi connectivity index (χ2n) is 6.13. The smallest absolute Gasteiger partial charge is 0.274 e. The Morgan fingerprint density at radius 3 is 2.76 bits per heavy atom. The summed E-state index contributed by atoms with van der Waals surface area (Å²) in [6.07, 6.45) is 0. The molecule has 3 aliphatic rings. The molecule has 9 heteroatoms. The lowest BCUT2D eigenvalue weighted by Gasteiger charge is -2.28. The maximum Gasteiger partial charge on any atom is 0.274 e. The molecule has 132 valence electrons. The van der Waals surface area contributed by atoms with E-state index in [1.54, 1.807) is 35.2 Å². The molecule has 1 aromatic carbocycles. The molecule has 7 nitrogen and oxygen atoms in total. The fourth-order valence-electron chi connectivity index (χ4n) is 3.40. The maximum atomic E-state index is 12.9. The highest BCUT2D eigenvalue weighted by atomic mass is 79.9. The van der Waals surface area contributed by atoms with Crippen molar-refractivity contribution in [1.82, 2.24) is 9.91 Å². The van der Waals surface area contributed by atoms with Gasteiger partial charge < -0.3 is 9.64 Å². The van der Waals surface area contributed by atoms with Crippen molar-refractivity contribution < 1.29 is 17.9 Å². The van der Waals surface area contributed by atoms with Gasteiger partial charge in [-0.3, -0.25) is 9.80 Å². The Labute approximate surface area is 154 Å². The van der Waals surface area contributed by atoms with Gasteiger partial charge in [-0.15, -0.1) is 0 Å².